The lowest BCUT2D eigenvalue weighted by atomic mass is 9.88. The van der Waals surface area contributed by atoms with Gasteiger partial charge >= 0.3 is 0 Å². The van der Waals surface area contributed by atoms with Gasteiger partial charge in [-0.3, -0.25) is 4.79 Å². The minimum Gasteiger partial charge on any atom is -0.334 e. The van der Waals surface area contributed by atoms with Crippen molar-refractivity contribution in [2.45, 2.75) is 39.8 Å². The van der Waals surface area contributed by atoms with E-state index in [1.54, 1.807) is 6.08 Å². The smallest absolute Gasteiger partial charge is 0.255 e. The van der Waals surface area contributed by atoms with E-state index in [1.807, 2.05) is 93.3 Å². The number of amides is 1. The molecular weight excluding hydrogens is 330 g/mol. The molecule has 2 aromatic carbocycles. The molecule has 0 spiro atoms. The molecule has 140 valence electrons. The first-order chi connectivity index (χ1) is 12.9. The molecule has 0 atom stereocenters. The number of hydrogen-bond donors (Lipinski definition) is 0. The summed E-state index contributed by atoms with van der Waals surface area (Å²) < 4.78 is 0. The van der Waals surface area contributed by atoms with E-state index in [0.29, 0.717) is 5.57 Å². The predicted octanol–water partition coefficient (Wildman–Crippen LogP) is 5.99. The van der Waals surface area contributed by atoms with Crippen LogP contribution in [-0.2, 0) is 4.79 Å². The molecule has 0 unspecified atom stereocenters. The molecule has 1 amide bonds. The third-order valence-electron chi connectivity index (χ3n) is 4.50. The molecule has 2 nitrogen and oxygen atoms in total. The van der Waals surface area contributed by atoms with Gasteiger partial charge in [0.05, 0.1) is 5.57 Å². The van der Waals surface area contributed by atoms with E-state index < -0.39 is 0 Å². The van der Waals surface area contributed by atoms with Crippen molar-refractivity contribution in [3.8, 4) is 0 Å². The molecule has 0 N–H and O–H groups in total. The summed E-state index contributed by atoms with van der Waals surface area (Å²) in [5, 5.41) is 0. The zero-order chi connectivity index (χ0) is 20.0. The van der Waals surface area contributed by atoms with Crippen molar-refractivity contribution >= 4 is 17.1 Å². The summed E-state index contributed by atoms with van der Waals surface area (Å²) in [6.45, 7) is 16.3. The molecule has 0 aliphatic heterocycles. The summed E-state index contributed by atoms with van der Waals surface area (Å²) in [4.78, 5) is 15.7. The molecule has 2 heteroatoms. The van der Waals surface area contributed by atoms with Crippen molar-refractivity contribution in [3.63, 3.8) is 0 Å². The topological polar surface area (TPSA) is 20.3 Å². The number of carbonyl (C=O) groups excluding carboxylic acids is 1. The second-order valence-electron chi connectivity index (χ2n) is 7.11. The quantitative estimate of drug-likeness (QED) is 0.338. The monoisotopic (exact) mass is 359 g/mol. The molecule has 0 radical (unpaired) electrons. The van der Waals surface area contributed by atoms with Crippen LogP contribution >= 0.6 is 0 Å². The van der Waals surface area contributed by atoms with Gasteiger partial charge in [0, 0.05) is 17.7 Å². The lowest BCUT2D eigenvalue weighted by molar-refractivity contribution is -0.128. The Kier molecular flexibility index (Phi) is 6.95. The number of hydrogen-bond acceptors (Lipinski definition) is 1. The van der Waals surface area contributed by atoms with Gasteiger partial charge in [-0.15, -0.1) is 0 Å². The van der Waals surface area contributed by atoms with E-state index in [-0.39, 0.29) is 18.0 Å². The van der Waals surface area contributed by atoms with Crippen LogP contribution in [0.2, 0.25) is 0 Å². The fourth-order valence-electron chi connectivity index (χ4n) is 3.37. The molecule has 2 aromatic rings. The Morgan fingerprint density at radius 3 is 1.59 bits per heavy atom. The number of carbonyl (C=O) groups is 1. The number of allylic oxidation sites excluding steroid dienone is 3. The summed E-state index contributed by atoms with van der Waals surface area (Å²) >= 11 is 0. The van der Waals surface area contributed by atoms with Gasteiger partial charge in [0.1, 0.15) is 0 Å². The normalized spacial score (nSPS) is 11.9. The van der Waals surface area contributed by atoms with Crippen molar-refractivity contribution in [1.82, 2.24) is 4.90 Å². The number of rotatable bonds is 7. The summed E-state index contributed by atoms with van der Waals surface area (Å²) in [5.41, 5.74) is 4.07. The van der Waals surface area contributed by atoms with Gasteiger partial charge in [-0.25, -0.2) is 0 Å². The van der Waals surface area contributed by atoms with E-state index in [4.69, 9.17) is 0 Å². The van der Waals surface area contributed by atoms with Gasteiger partial charge < -0.3 is 4.90 Å². The van der Waals surface area contributed by atoms with Gasteiger partial charge in [-0.1, -0.05) is 79.9 Å². The highest BCUT2D eigenvalue weighted by atomic mass is 16.2. The minimum absolute atomic E-state index is 0.00746. The molecule has 2 rings (SSSR count). The molecule has 0 aromatic heterocycles. The molecule has 0 aliphatic rings. The number of benzene rings is 2. The summed E-state index contributed by atoms with van der Waals surface area (Å²) in [6, 6.07) is 19.9. The highest BCUT2D eigenvalue weighted by Gasteiger charge is 2.28. The highest BCUT2D eigenvalue weighted by molar-refractivity contribution is 6.29. The van der Waals surface area contributed by atoms with E-state index >= 15 is 0 Å². The Hall–Kier alpha value is -2.87. The largest absolute Gasteiger partial charge is 0.334 e. The Balaban J connectivity index is 2.84. The average Bonchev–Trinajstić information content (AvgIpc) is 2.66. The average molecular weight is 360 g/mol. The Labute approximate surface area is 163 Å². The Morgan fingerprint density at radius 2 is 1.22 bits per heavy atom. The summed E-state index contributed by atoms with van der Waals surface area (Å²) in [6.07, 6.45) is 1.72. The fraction of sp³-hybridized carbons (Fsp3) is 0.240. The molecule has 0 saturated heterocycles. The third kappa shape index (κ3) is 4.65. The maximum atomic E-state index is 13.8. The summed E-state index contributed by atoms with van der Waals surface area (Å²) in [5.74, 6) is 0.00746. The minimum atomic E-state index is 0.00746. The lowest BCUT2D eigenvalue weighted by Gasteiger charge is -2.33. The molecule has 0 aliphatic carbocycles. The van der Waals surface area contributed by atoms with Crippen LogP contribution in [0, 0.1) is 0 Å². The van der Waals surface area contributed by atoms with Crippen molar-refractivity contribution in [1.29, 1.82) is 0 Å². The fourth-order valence-corrected chi connectivity index (χ4v) is 3.37. The predicted molar refractivity (Wildman–Crippen MR) is 116 cm³/mol. The second kappa shape index (κ2) is 9.18. The standard InChI is InChI=1S/C25H29NO/c1-7-20(6)23(21-14-10-8-11-15-21)24(22-16-12-9-13-17-22)25(27)26(18(2)3)19(4)5/h7-19H,1,6H2,2-5H3/b24-23-. The first-order valence-electron chi connectivity index (χ1n) is 9.38. The van der Waals surface area contributed by atoms with Crippen LogP contribution in [0.15, 0.2) is 85.5 Å². The van der Waals surface area contributed by atoms with Crippen LogP contribution in [0.3, 0.4) is 0 Å². The maximum Gasteiger partial charge on any atom is 0.255 e. The highest BCUT2D eigenvalue weighted by Crippen LogP contribution is 2.34. The van der Waals surface area contributed by atoms with Crippen molar-refractivity contribution < 1.29 is 4.79 Å². The Bertz CT molecular complexity index is 821. The molecular formula is C25H29NO. The molecule has 27 heavy (non-hydrogen) atoms. The van der Waals surface area contributed by atoms with Crippen LogP contribution < -0.4 is 0 Å². The SMILES string of the molecule is C=CC(=C)/C(=C(/C(=O)N(C(C)C)C(C)C)c1ccccc1)c1ccccc1. The van der Waals surface area contributed by atoms with E-state index in [1.165, 1.54) is 0 Å². The first kappa shape index (κ1) is 20.4. The van der Waals surface area contributed by atoms with E-state index in [0.717, 1.165) is 22.3 Å². The van der Waals surface area contributed by atoms with Crippen LogP contribution in [-0.4, -0.2) is 22.9 Å². The second-order valence-corrected chi connectivity index (χ2v) is 7.11. The number of nitrogens with zero attached hydrogens (tertiary/aromatic N) is 1. The van der Waals surface area contributed by atoms with Gasteiger partial charge in [-0.2, -0.15) is 0 Å². The first-order valence-corrected chi connectivity index (χ1v) is 9.38. The van der Waals surface area contributed by atoms with Crippen molar-refractivity contribution in [2.75, 3.05) is 0 Å². The molecule has 0 saturated carbocycles. The van der Waals surface area contributed by atoms with Gasteiger partial charge in [0.2, 0.25) is 0 Å². The Morgan fingerprint density at radius 1 is 0.815 bits per heavy atom. The third-order valence-corrected chi connectivity index (χ3v) is 4.50. The molecule has 0 fully saturated rings. The molecule has 0 bridgehead atoms. The van der Waals surface area contributed by atoms with Gasteiger partial charge in [-0.05, 0) is 44.4 Å². The molecule has 0 heterocycles. The van der Waals surface area contributed by atoms with Crippen molar-refractivity contribution in [2.24, 2.45) is 0 Å². The van der Waals surface area contributed by atoms with E-state index in [2.05, 4.69) is 13.2 Å². The van der Waals surface area contributed by atoms with Gasteiger partial charge in [0.25, 0.3) is 5.91 Å². The summed E-state index contributed by atoms with van der Waals surface area (Å²) in [7, 11) is 0. The zero-order valence-electron chi connectivity index (χ0n) is 16.8. The maximum absolute atomic E-state index is 13.8. The lowest BCUT2D eigenvalue weighted by Crippen LogP contribution is -2.42. The van der Waals surface area contributed by atoms with Crippen molar-refractivity contribution in [3.05, 3.63) is 96.6 Å². The van der Waals surface area contributed by atoms with Gasteiger partial charge in [0.15, 0.2) is 0 Å². The van der Waals surface area contributed by atoms with E-state index in [9.17, 15) is 4.79 Å². The van der Waals surface area contributed by atoms with Crippen LogP contribution in [0.25, 0.3) is 11.1 Å². The zero-order valence-corrected chi connectivity index (χ0v) is 16.8. The van der Waals surface area contributed by atoms with Crippen LogP contribution in [0.4, 0.5) is 0 Å². The van der Waals surface area contributed by atoms with Crippen LogP contribution in [0.5, 0.6) is 0 Å². The van der Waals surface area contributed by atoms with Crippen LogP contribution in [0.1, 0.15) is 38.8 Å².